The van der Waals surface area contributed by atoms with Gasteiger partial charge < -0.3 is 20.9 Å². The predicted octanol–water partition coefficient (Wildman–Crippen LogP) is 1.26. The maximum atomic E-state index is 12.2. The average Bonchev–Trinajstić information content (AvgIpc) is 2.56. The number of carbonyl (C=O) groups is 2. The first kappa shape index (κ1) is 19.5. The quantitative estimate of drug-likeness (QED) is 0.758. The monoisotopic (exact) mass is 360 g/mol. The lowest BCUT2D eigenvalue weighted by Crippen LogP contribution is -2.48. The van der Waals surface area contributed by atoms with Crippen LogP contribution in [0.1, 0.15) is 16.8 Å². The summed E-state index contributed by atoms with van der Waals surface area (Å²) in [5.41, 5.74) is 2.23. The van der Waals surface area contributed by atoms with Crippen LogP contribution in [0, 0.1) is 5.92 Å². The highest BCUT2D eigenvalue weighted by Gasteiger charge is 2.20. The van der Waals surface area contributed by atoms with Gasteiger partial charge in [-0.05, 0) is 18.2 Å². The second-order valence-electron chi connectivity index (χ2n) is 5.69. The van der Waals surface area contributed by atoms with E-state index < -0.39 is 0 Å². The number of hydrogen-bond acceptors (Lipinski definition) is 4. The number of benzene rings is 1. The number of rotatable bonds is 3. The third kappa shape index (κ3) is 4.50. The van der Waals surface area contributed by atoms with Gasteiger partial charge in [-0.1, -0.05) is 0 Å². The van der Waals surface area contributed by atoms with Gasteiger partial charge in [-0.25, -0.2) is 0 Å². The number of nitrogens with zero attached hydrogens (tertiary/aromatic N) is 1. The molecule has 23 heavy (non-hydrogen) atoms. The number of hydrogen-bond donors (Lipinski definition) is 3. The number of carbonyl (C=O) groups excluding carboxylic acids is 2. The normalized spacial score (nSPS) is 16.7. The van der Waals surface area contributed by atoms with E-state index in [1.54, 1.807) is 12.1 Å². The highest BCUT2D eigenvalue weighted by molar-refractivity contribution is 6.00. The first-order valence-electron chi connectivity index (χ1n) is 7.27. The van der Waals surface area contributed by atoms with Crippen LogP contribution in [0.3, 0.4) is 0 Å². The second kappa shape index (κ2) is 8.38. The maximum Gasteiger partial charge on any atom is 0.251 e. The fourth-order valence-corrected chi connectivity index (χ4v) is 2.54. The van der Waals surface area contributed by atoms with Gasteiger partial charge >= 0.3 is 0 Å². The van der Waals surface area contributed by atoms with E-state index in [1.807, 2.05) is 18.0 Å². The topological polar surface area (TPSA) is 73.5 Å². The van der Waals surface area contributed by atoms with Crippen LogP contribution in [-0.2, 0) is 4.79 Å². The Morgan fingerprint density at radius 2 is 2.09 bits per heavy atom. The lowest BCUT2D eigenvalue weighted by Gasteiger charge is -2.27. The van der Waals surface area contributed by atoms with Gasteiger partial charge in [0.05, 0.1) is 11.4 Å². The van der Waals surface area contributed by atoms with Crippen LogP contribution < -0.4 is 20.9 Å². The van der Waals surface area contributed by atoms with Crippen molar-refractivity contribution in [2.45, 2.75) is 6.42 Å². The molecule has 8 heteroatoms. The van der Waals surface area contributed by atoms with Gasteiger partial charge in [0.2, 0.25) is 5.91 Å². The Morgan fingerprint density at radius 1 is 1.35 bits per heavy atom. The van der Waals surface area contributed by atoms with Gasteiger partial charge in [0.1, 0.15) is 0 Å². The fraction of sp³-hybridized carbons (Fsp3) is 0.467. The van der Waals surface area contributed by atoms with Crippen molar-refractivity contribution in [1.29, 1.82) is 0 Å². The minimum Gasteiger partial charge on any atom is -0.372 e. The molecule has 0 atom stereocenters. The smallest absolute Gasteiger partial charge is 0.251 e. The van der Waals surface area contributed by atoms with E-state index in [1.165, 1.54) is 0 Å². The van der Waals surface area contributed by atoms with Gasteiger partial charge in [0, 0.05) is 51.1 Å². The first-order valence-corrected chi connectivity index (χ1v) is 7.27. The molecule has 3 N–H and O–H groups in total. The van der Waals surface area contributed by atoms with Crippen molar-refractivity contribution >= 4 is 48.0 Å². The number of fused-ring (bicyclic) bond motifs is 1. The molecule has 1 aromatic carbocycles. The van der Waals surface area contributed by atoms with Gasteiger partial charge in [0.25, 0.3) is 5.91 Å². The molecular formula is C15H22Cl2N4O2. The van der Waals surface area contributed by atoms with Crippen molar-refractivity contribution in [2.24, 2.45) is 5.92 Å². The lowest BCUT2D eigenvalue weighted by atomic mass is 10.0. The molecule has 3 rings (SSSR count). The second-order valence-corrected chi connectivity index (χ2v) is 5.69. The molecule has 0 aromatic heterocycles. The molecule has 0 aliphatic carbocycles. The van der Waals surface area contributed by atoms with E-state index in [2.05, 4.69) is 16.0 Å². The largest absolute Gasteiger partial charge is 0.372 e. The molecule has 0 spiro atoms. The average molecular weight is 361 g/mol. The Balaban J connectivity index is 0.00000132. The summed E-state index contributed by atoms with van der Waals surface area (Å²) in [7, 11) is 1.95. The molecule has 0 radical (unpaired) electrons. The zero-order valence-corrected chi connectivity index (χ0v) is 14.6. The van der Waals surface area contributed by atoms with E-state index in [4.69, 9.17) is 0 Å². The zero-order valence-electron chi connectivity index (χ0n) is 12.9. The highest BCUT2D eigenvalue weighted by Crippen LogP contribution is 2.28. The van der Waals surface area contributed by atoms with Crippen LogP contribution in [0.5, 0.6) is 0 Å². The van der Waals surface area contributed by atoms with Crippen LogP contribution in [-0.4, -0.2) is 45.0 Å². The first-order chi connectivity index (χ1) is 10.1. The summed E-state index contributed by atoms with van der Waals surface area (Å²) in [6, 6.07) is 5.45. The Kier molecular flexibility index (Phi) is 7.12. The van der Waals surface area contributed by atoms with Gasteiger partial charge in [-0.3, -0.25) is 9.59 Å². The number of anilines is 2. The molecule has 1 saturated heterocycles. The number of halogens is 2. The minimum atomic E-state index is -0.0918. The van der Waals surface area contributed by atoms with Crippen molar-refractivity contribution in [3.05, 3.63) is 23.8 Å². The van der Waals surface area contributed by atoms with Crippen LogP contribution in [0.25, 0.3) is 0 Å². The van der Waals surface area contributed by atoms with Crippen LogP contribution >= 0.6 is 24.8 Å². The van der Waals surface area contributed by atoms with E-state index in [0.29, 0.717) is 36.7 Å². The molecule has 2 amide bonds. The van der Waals surface area contributed by atoms with Crippen LogP contribution in [0.4, 0.5) is 11.4 Å². The molecular weight excluding hydrogens is 339 g/mol. The lowest BCUT2D eigenvalue weighted by molar-refractivity contribution is -0.115. The summed E-state index contributed by atoms with van der Waals surface area (Å²) in [5, 5.41) is 8.98. The van der Waals surface area contributed by atoms with Crippen molar-refractivity contribution in [2.75, 3.05) is 43.4 Å². The van der Waals surface area contributed by atoms with E-state index in [0.717, 1.165) is 18.8 Å². The van der Waals surface area contributed by atoms with Crippen molar-refractivity contribution in [1.82, 2.24) is 10.6 Å². The molecule has 1 aromatic rings. The Labute approximate surface area is 148 Å². The molecule has 6 nitrogen and oxygen atoms in total. The Bertz CT molecular complexity index is 579. The van der Waals surface area contributed by atoms with Crippen molar-refractivity contribution in [3.8, 4) is 0 Å². The Hall–Kier alpha value is -1.50. The highest BCUT2D eigenvalue weighted by atomic mass is 35.5. The van der Waals surface area contributed by atoms with E-state index >= 15 is 0 Å². The summed E-state index contributed by atoms with van der Waals surface area (Å²) in [6.45, 7) is 3.30. The third-order valence-corrected chi connectivity index (χ3v) is 4.04. The zero-order chi connectivity index (χ0) is 14.8. The van der Waals surface area contributed by atoms with Gasteiger partial charge in [-0.2, -0.15) is 0 Å². The summed E-state index contributed by atoms with van der Waals surface area (Å²) in [5.74, 6) is 0.421. The maximum absolute atomic E-state index is 12.2. The minimum absolute atomic E-state index is 0. The Morgan fingerprint density at radius 3 is 2.74 bits per heavy atom. The molecule has 128 valence electrons. The molecule has 0 unspecified atom stereocenters. The molecule has 2 heterocycles. The van der Waals surface area contributed by atoms with Crippen LogP contribution in [0.15, 0.2) is 18.2 Å². The molecule has 2 aliphatic heterocycles. The molecule has 2 aliphatic rings. The summed E-state index contributed by atoms with van der Waals surface area (Å²) in [4.78, 5) is 25.9. The predicted molar refractivity (Wildman–Crippen MR) is 96.1 cm³/mol. The van der Waals surface area contributed by atoms with Gasteiger partial charge in [0.15, 0.2) is 0 Å². The van der Waals surface area contributed by atoms with Gasteiger partial charge in [-0.15, -0.1) is 24.8 Å². The van der Waals surface area contributed by atoms with Crippen molar-refractivity contribution in [3.63, 3.8) is 0 Å². The SMILES string of the molecule is CN1CCC(=O)Nc2cc(C(=O)NCC3CNC3)ccc21.Cl.Cl. The van der Waals surface area contributed by atoms with Crippen LogP contribution in [0.2, 0.25) is 0 Å². The summed E-state index contributed by atoms with van der Waals surface area (Å²) < 4.78 is 0. The fourth-order valence-electron chi connectivity index (χ4n) is 2.54. The van der Waals surface area contributed by atoms with E-state index in [-0.39, 0.29) is 36.6 Å². The van der Waals surface area contributed by atoms with E-state index in [9.17, 15) is 9.59 Å². The third-order valence-electron chi connectivity index (χ3n) is 4.04. The molecule has 0 saturated carbocycles. The molecule has 0 bridgehead atoms. The number of nitrogens with one attached hydrogen (secondary N) is 3. The summed E-state index contributed by atoms with van der Waals surface area (Å²) in [6.07, 6.45) is 0.460. The molecule has 1 fully saturated rings. The standard InChI is InChI=1S/C15H20N4O2.2ClH/c1-19-5-4-14(20)18-12-6-11(2-3-13(12)19)15(21)17-9-10-7-16-8-10;;/h2-3,6,10,16H,4-5,7-9H2,1H3,(H,17,21)(H,18,20);2*1H. The number of amides is 2. The van der Waals surface area contributed by atoms with Crippen molar-refractivity contribution < 1.29 is 9.59 Å². The summed E-state index contributed by atoms with van der Waals surface area (Å²) >= 11 is 0.